The van der Waals surface area contributed by atoms with Gasteiger partial charge in [0.25, 0.3) is 0 Å². The number of likely N-dealkylation sites (N-methyl/N-ethyl adjacent to an activating group) is 2. The Morgan fingerprint density at radius 1 is 1.05 bits per heavy atom. The molecule has 120 valence electrons. The number of hydrogen-bond donors (Lipinski definition) is 1. The standard InChI is InChI=1S/C16H28N2O3/c1-17(2)16(9-6-10-16)11-18(3)14(19)12-7-4-5-8-13(12)15(20)21/h12-13H,4-11H2,1-3H3,(H,20,21)/t12-,13+/m1/s1. The number of amides is 1. The average molecular weight is 296 g/mol. The second-order valence-corrected chi connectivity index (χ2v) is 7.00. The maximum atomic E-state index is 12.7. The van der Waals surface area contributed by atoms with Crippen LogP contribution in [-0.4, -0.2) is 60.0 Å². The molecule has 2 rings (SSSR count). The Labute approximate surface area is 127 Å². The molecular weight excluding hydrogens is 268 g/mol. The van der Waals surface area contributed by atoms with E-state index in [1.54, 1.807) is 4.90 Å². The number of rotatable bonds is 5. The van der Waals surface area contributed by atoms with E-state index in [-0.39, 0.29) is 17.4 Å². The van der Waals surface area contributed by atoms with Crippen molar-refractivity contribution in [3.63, 3.8) is 0 Å². The van der Waals surface area contributed by atoms with Crippen LogP contribution in [-0.2, 0) is 9.59 Å². The van der Waals surface area contributed by atoms with Gasteiger partial charge in [0.2, 0.25) is 5.91 Å². The van der Waals surface area contributed by atoms with Crippen LogP contribution in [0.5, 0.6) is 0 Å². The third-order valence-corrected chi connectivity index (χ3v) is 5.54. The first kappa shape index (κ1) is 16.3. The quantitative estimate of drug-likeness (QED) is 0.840. The molecule has 0 unspecified atom stereocenters. The predicted octanol–water partition coefficient (Wildman–Crippen LogP) is 1.82. The van der Waals surface area contributed by atoms with Gasteiger partial charge in [0.05, 0.1) is 11.8 Å². The second kappa shape index (κ2) is 6.34. The first-order chi connectivity index (χ1) is 9.87. The molecule has 2 aliphatic carbocycles. The van der Waals surface area contributed by atoms with Crippen LogP contribution in [0.25, 0.3) is 0 Å². The van der Waals surface area contributed by atoms with E-state index in [1.165, 1.54) is 6.42 Å². The lowest BCUT2D eigenvalue weighted by Gasteiger charge is -2.49. The van der Waals surface area contributed by atoms with Gasteiger partial charge >= 0.3 is 5.97 Å². The summed E-state index contributed by atoms with van der Waals surface area (Å²) in [6.45, 7) is 0.710. The molecule has 0 aromatic rings. The highest BCUT2D eigenvalue weighted by atomic mass is 16.4. The minimum Gasteiger partial charge on any atom is -0.481 e. The van der Waals surface area contributed by atoms with Gasteiger partial charge in [-0.1, -0.05) is 12.8 Å². The minimum atomic E-state index is -0.813. The number of hydrogen-bond acceptors (Lipinski definition) is 3. The van der Waals surface area contributed by atoms with E-state index < -0.39 is 11.9 Å². The maximum absolute atomic E-state index is 12.7. The van der Waals surface area contributed by atoms with Crippen molar-refractivity contribution in [2.75, 3.05) is 27.7 Å². The van der Waals surface area contributed by atoms with Crippen molar-refractivity contribution in [2.45, 2.75) is 50.5 Å². The van der Waals surface area contributed by atoms with Crippen LogP contribution in [0.2, 0.25) is 0 Å². The van der Waals surface area contributed by atoms with Gasteiger partial charge in [0.1, 0.15) is 0 Å². The number of carboxylic acids is 1. The van der Waals surface area contributed by atoms with Crippen LogP contribution in [0.1, 0.15) is 44.9 Å². The molecule has 0 spiro atoms. The molecule has 21 heavy (non-hydrogen) atoms. The van der Waals surface area contributed by atoms with Crippen LogP contribution in [0.4, 0.5) is 0 Å². The van der Waals surface area contributed by atoms with E-state index in [0.29, 0.717) is 13.0 Å². The van der Waals surface area contributed by atoms with Crippen LogP contribution >= 0.6 is 0 Å². The highest BCUT2D eigenvalue weighted by Crippen LogP contribution is 2.38. The molecular formula is C16H28N2O3. The van der Waals surface area contributed by atoms with E-state index in [2.05, 4.69) is 19.0 Å². The molecule has 0 radical (unpaired) electrons. The zero-order valence-corrected chi connectivity index (χ0v) is 13.5. The Kier molecular flexibility index (Phi) is 4.91. The van der Waals surface area contributed by atoms with E-state index in [4.69, 9.17) is 0 Å². The molecule has 2 saturated carbocycles. The molecule has 5 nitrogen and oxygen atoms in total. The predicted molar refractivity (Wildman–Crippen MR) is 81.0 cm³/mol. The molecule has 0 aromatic carbocycles. The average Bonchev–Trinajstić information content (AvgIpc) is 2.41. The Morgan fingerprint density at radius 3 is 2.05 bits per heavy atom. The molecule has 5 heteroatoms. The van der Waals surface area contributed by atoms with E-state index in [0.717, 1.165) is 32.1 Å². The molecule has 2 fully saturated rings. The van der Waals surface area contributed by atoms with Crippen LogP contribution in [0.15, 0.2) is 0 Å². The Bertz CT molecular complexity index is 404. The summed E-state index contributed by atoms with van der Waals surface area (Å²) in [7, 11) is 5.97. The molecule has 0 aromatic heterocycles. The summed E-state index contributed by atoms with van der Waals surface area (Å²) < 4.78 is 0. The van der Waals surface area contributed by atoms with Crippen molar-refractivity contribution in [3.05, 3.63) is 0 Å². The number of aliphatic carboxylic acids is 1. The third kappa shape index (κ3) is 3.23. The van der Waals surface area contributed by atoms with Gasteiger partial charge in [-0.3, -0.25) is 9.59 Å². The van der Waals surface area contributed by atoms with Crippen LogP contribution < -0.4 is 0 Å². The maximum Gasteiger partial charge on any atom is 0.307 e. The molecule has 0 aliphatic heterocycles. The lowest BCUT2D eigenvalue weighted by Crippen LogP contribution is -2.58. The Hall–Kier alpha value is -1.10. The summed E-state index contributed by atoms with van der Waals surface area (Å²) in [6.07, 6.45) is 6.68. The lowest BCUT2D eigenvalue weighted by atomic mass is 9.74. The van der Waals surface area contributed by atoms with Gasteiger partial charge < -0.3 is 14.9 Å². The molecule has 1 N–H and O–H groups in total. The summed E-state index contributed by atoms with van der Waals surface area (Å²) in [5, 5.41) is 9.34. The van der Waals surface area contributed by atoms with Crippen molar-refractivity contribution < 1.29 is 14.7 Å². The first-order valence-corrected chi connectivity index (χ1v) is 8.02. The van der Waals surface area contributed by atoms with Gasteiger partial charge in [0, 0.05) is 19.1 Å². The van der Waals surface area contributed by atoms with Crippen LogP contribution in [0.3, 0.4) is 0 Å². The summed E-state index contributed by atoms with van der Waals surface area (Å²) in [6, 6.07) is 0. The van der Waals surface area contributed by atoms with E-state index in [9.17, 15) is 14.7 Å². The van der Waals surface area contributed by atoms with Crippen molar-refractivity contribution in [2.24, 2.45) is 11.8 Å². The number of nitrogens with zero attached hydrogens (tertiary/aromatic N) is 2. The number of carbonyl (C=O) groups excluding carboxylic acids is 1. The second-order valence-electron chi connectivity index (χ2n) is 7.00. The zero-order chi connectivity index (χ0) is 15.6. The fourth-order valence-electron chi connectivity index (χ4n) is 3.86. The van der Waals surface area contributed by atoms with E-state index in [1.807, 2.05) is 7.05 Å². The smallest absolute Gasteiger partial charge is 0.307 e. The minimum absolute atomic E-state index is 0.0234. The van der Waals surface area contributed by atoms with Gasteiger partial charge in [-0.2, -0.15) is 0 Å². The molecule has 1 amide bonds. The molecule has 0 saturated heterocycles. The van der Waals surface area contributed by atoms with Crippen molar-refractivity contribution in [1.82, 2.24) is 9.80 Å². The first-order valence-electron chi connectivity index (χ1n) is 8.02. The SMILES string of the molecule is CN(CC1(N(C)C)CCC1)C(=O)[C@@H]1CCCC[C@@H]1C(=O)O. The van der Waals surface area contributed by atoms with Crippen molar-refractivity contribution >= 4 is 11.9 Å². The normalized spacial score (nSPS) is 28.0. The Balaban J connectivity index is 2.02. The van der Waals surface area contributed by atoms with Gasteiger partial charge in [-0.25, -0.2) is 0 Å². The van der Waals surface area contributed by atoms with Gasteiger partial charge in [0.15, 0.2) is 0 Å². The lowest BCUT2D eigenvalue weighted by molar-refractivity contribution is -0.152. The molecule has 2 aliphatic rings. The highest BCUT2D eigenvalue weighted by Gasteiger charge is 2.43. The Morgan fingerprint density at radius 2 is 1.62 bits per heavy atom. The third-order valence-electron chi connectivity index (χ3n) is 5.54. The van der Waals surface area contributed by atoms with Crippen LogP contribution in [0, 0.1) is 11.8 Å². The summed E-state index contributed by atoms with van der Waals surface area (Å²) in [4.78, 5) is 28.1. The topological polar surface area (TPSA) is 60.9 Å². The molecule has 0 bridgehead atoms. The largest absolute Gasteiger partial charge is 0.481 e. The number of carboxylic acid groups (broad SMARTS) is 1. The van der Waals surface area contributed by atoms with Gasteiger partial charge in [-0.15, -0.1) is 0 Å². The molecule has 0 heterocycles. The van der Waals surface area contributed by atoms with E-state index >= 15 is 0 Å². The summed E-state index contributed by atoms with van der Waals surface area (Å²) in [5.74, 6) is -1.62. The fraction of sp³-hybridized carbons (Fsp3) is 0.875. The summed E-state index contributed by atoms with van der Waals surface area (Å²) in [5.41, 5.74) is 0.0950. The molecule has 2 atom stereocenters. The van der Waals surface area contributed by atoms with Crippen molar-refractivity contribution in [3.8, 4) is 0 Å². The monoisotopic (exact) mass is 296 g/mol. The highest BCUT2D eigenvalue weighted by molar-refractivity contribution is 5.84. The van der Waals surface area contributed by atoms with Crippen molar-refractivity contribution in [1.29, 1.82) is 0 Å². The fourth-order valence-corrected chi connectivity index (χ4v) is 3.86. The van der Waals surface area contributed by atoms with Gasteiger partial charge in [-0.05, 0) is 46.2 Å². The number of carbonyl (C=O) groups is 2. The summed E-state index contributed by atoms with van der Waals surface area (Å²) >= 11 is 0. The zero-order valence-electron chi connectivity index (χ0n) is 13.5.